The van der Waals surface area contributed by atoms with Crippen LogP contribution in [0.15, 0.2) is 48.5 Å². The number of imide groups is 1. The van der Waals surface area contributed by atoms with E-state index in [4.69, 9.17) is 4.74 Å². The van der Waals surface area contributed by atoms with E-state index < -0.39 is 11.7 Å². The molecule has 1 N–H and O–H groups in total. The lowest BCUT2D eigenvalue weighted by atomic mass is 10.1. The molecule has 0 atom stereocenters. The molecule has 3 rings (SSSR count). The van der Waals surface area contributed by atoms with Crippen LogP contribution in [0.3, 0.4) is 0 Å². The Morgan fingerprint density at radius 2 is 1.59 bits per heavy atom. The minimum Gasteiger partial charge on any atom is -0.444 e. The fourth-order valence-electron chi connectivity index (χ4n) is 3.28. The van der Waals surface area contributed by atoms with E-state index in [0.717, 1.165) is 24.0 Å². The molecule has 1 aliphatic heterocycles. The van der Waals surface area contributed by atoms with Crippen LogP contribution in [0.1, 0.15) is 71.9 Å². The predicted molar refractivity (Wildman–Crippen MR) is 122 cm³/mol. The molecule has 1 aliphatic rings. The number of amides is 3. The smallest absolute Gasteiger partial charge is 0.407 e. The molecule has 6 nitrogen and oxygen atoms in total. The summed E-state index contributed by atoms with van der Waals surface area (Å²) in [4.78, 5) is 37.7. The number of carbonyl (C=O) groups excluding carboxylic acids is 3. The molecule has 6 heteroatoms. The van der Waals surface area contributed by atoms with Crippen LogP contribution in [0.2, 0.25) is 0 Å². The van der Waals surface area contributed by atoms with Crippen LogP contribution in [-0.2, 0) is 11.3 Å². The zero-order valence-corrected chi connectivity index (χ0v) is 18.7. The van der Waals surface area contributed by atoms with Gasteiger partial charge in [0.2, 0.25) is 0 Å². The van der Waals surface area contributed by atoms with Crippen LogP contribution in [-0.4, -0.2) is 35.0 Å². The maximum absolute atomic E-state index is 12.3. The number of nitrogens with zero attached hydrogens (tertiary/aromatic N) is 1. The lowest BCUT2D eigenvalue weighted by Crippen LogP contribution is -2.32. The molecule has 0 radical (unpaired) electrons. The Bertz CT molecular complexity index is 1020. The highest BCUT2D eigenvalue weighted by molar-refractivity contribution is 6.21. The number of rotatable bonds is 6. The number of carbonyl (C=O) groups is 3. The molecule has 0 fully saturated rings. The van der Waals surface area contributed by atoms with Gasteiger partial charge in [0.05, 0.1) is 11.1 Å². The van der Waals surface area contributed by atoms with E-state index >= 15 is 0 Å². The molecule has 0 saturated heterocycles. The predicted octanol–water partition coefficient (Wildman–Crippen LogP) is 4.53. The van der Waals surface area contributed by atoms with Gasteiger partial charge in [-0.3, -0.25) is 14.5 Å². The molecule has 0 spiro atoms. The van der Waals surface area contributed by atoms with Crippen LogP contribution >= 0.6 is 0 Å². The van der Waals surface area contributed by atoms with Gasteiger partial charge in [0.1, 0.15) is 5.60 Å². The molecule has 0 saturated carbocycles. The van der Waals surface area contributed by atoms with Crippen LogP contribution in [0, 0.1) is 11.8 Å². The molecule has 0 unspecified atom stereocenters. The largest absolute Gasteiger partial charge is 0.444 e. The average Bonchev–Trinajstić information content (AvgIpc) is 2.99. The number of hydrogen-bond donors (Lipinski definition) is 1. The Hall–Kier alpha value is -3.59. The van der Waals surface area contributed by atoms with Crippen LogP contribution < -0.4 is 5.32 Å². The molecular formula is C26H28N2O4. The van der Waals surface area contributed by atoms with Gasteiger partial charge >= 0.3 is 6.09 Å². The van der Waals surface area contributed by atoms with Crippen LogP contribution in [0.4, 0.5) is 4.79 Å². The van der Waals surface area contributed by atoms with Gasteiger partial charge < -0.3 is 10.1 Å². The molecule has 1 heterocycles. The third-order valence-electron chi connectivity index (χ3n) is 4.83. The van der Waals surface area contributed by atoms with E-state index in [9.17, 15) is 14.4 Å². The van der Waals surface area contributed by atoms with Gasteiger partial charge in [-0.05, 0) is 63.4 Å². The summed E-state index contributed by atoms with van der Waals surface area (Å²) in [5, 5.41) is 2.73. The second-order valence-corrected chi connectivity index (χ2v) is 8.62. The maximum Gasteiger partial charge on any atom is 0.407 e. The highest BCUT2D eigenvalue weighted by Crippen LogP contribution is 2.22. The fraction of sp³-hybridized carbons (Fsp3) is 0.346. The van der Waals surface area contributed by atoms with Gasteiger partial charge in [-0.25, -0.2) is 4.79 Å². The van der Waals surface area contributed by atoms with Crippen LogP contribution in [0.5, 0.6) is 0 Å². The number of nitrogens with one attached hydrogen (secondary N) is 1. The van der Waals surface area contributed by atoms with E-state index in [1.165, 1.54) is 4.90 Å². The second-order valence-electron chi connectivity index (χ2n) is 8.62. The number of alkyl carbamates (subject to hydrolysis) is 1. The van der Waals surface area contributed by atoms with Crippen LogP contribution in [0.25, 0.3) is 0 Å². The molecule has 0 bridgehead atoms. The summed E-state index contributed by atoms with van der Waals surface area (Å²) < 4.78 is 5.22. The quantitative estimate of drug-likeness (QED) is 0.413. The van der Waals surface area contributed by atoms with Gasteiger partial charge in [0.15, 0.2) is 0 Å². The molecule has 2 aromatic carbocycles. The number of ether oxygens (including phenoxy) is 1. The van der Waals surface area contributed by atoms with Crippen molar-refractivity contribution < 1.29 is 19.1 Å². The van der Waals surface area contributed by atoms with Gasteiger partial charge in [0, 0.05) is 25.1 Å². The summed E-state index contributed by atoms with van der Waals surface area (Å²) in [5.41, 5.74) is 2.31. The van der Waals surface area contributed by atoms with Crippen molar-refractivity contribution in [1.29, 1.82) is 0 Å². The Morgan fingerprint density at radius 1 is 0.969 bits per heavy atom. The standard InChI is InChI=1S/C26H28N2O4/c1-26(2,3)32-25(31)27-18-20-15-13-19(14-16-20)10-6-4-5-9-17-28-23(29)21-11-7-8-12-22(21)24(28)30/h7-8,11-16H,4-5,9,17-18H2,1-3H3,(H,27,31). The zero-order chi connectivity index (χ0) is 23.1. The van der Waals surface area contributed by atoms with E-state index in [2.05, 4.69) is 17.2 Å². The van der Waals surface area contributed by atoms with Crippen molar-refractivity contribution in [3.05, 3.63) is 70.8 Å². The van der Waals surface area contributed by atoms with Crippen molar-refractivity contribution in [1.82, 2.24) is 10.2 Å². The first kappa shape index (κ1) is 23.1. The van der Waals surface area contributed by atoms with Gasteiger partial charge in [-0.1, -0.05) is 36.1 Å². The topological polar surface area (TPSA) is 75.7 Å². The summed E-state index contributed by atoms with van der Waals surface area (Å²) >= 11 is 0. The Labute approximate surface area is 188 Å². The molecule has 166 valence electrons. The first-order chi connectivity index (χ1) is 15.2. The molecule has 32 heavy (non-hydrogen) atoms. The SMILES string of the molecule is CC(C)(C)OC(=O)NCc1ccc(C#CCCCCN2C(=O)c3ccccc3C2=O)cc1. The lowest BCUT2D eigenvalue weighted by Gasteiger charge is -2.19. The molecule has 0 aromatic heterocycles. The Kier molecular flexibility index (Phi) is 7.32. The third-order valence-corrected chi connectivity index (χ3v) is 4.83. The van der Waals surface area contributed by atoms with E-state index in [0.29, 0.717) is 30.6 Å². The molecular weight excluding hydrogens is 404 g/mol. The normalized spacial score (nSPS) is 12.8. The summed E-state index contributed by atoms with van der Waals surface area (Å²) in [6.07, 6.45) is 1.77. The number of hydrogen-bond acceptors (Lipinski definition) is 4. The monoisotopic (exact) mass is 432 g/mol. The molecule has 2 aromatic rings. The van der Waals surface area contributed by atoms with E-state index in [-0.39, 0.29) is 11.8 Å². The summed E-state index contributed by atoms with van der Waals surface area (Å²) in [5.74, 6) is 5.83. The van der Waals surface area contributed by atoms with Crippen molar-refractivity contribution in [2.75, 3.05) is 6.54 Å². The molecule has 3 amide bonds. The summed E-state index contributed by atoms with van der Waals surface area (Å²) in [7, 11) is 0. The first-order valence-corrected chi connectivity index (χ1v) is 10.7. The van der Waals surface area contributed by atoms with Crippen molar-refractivity contribution in [3.63, 3.8) is 0 Å². The van der Waals surface area contributed by atoms with Crippen molar-refractivity contribution in [3.8, 4) is 11.8 Å². The zero-order valence-electron chi connectivity index (χ0n) is 18.7. The molecule has 0 aliphatic carbocycles. The average molecular weight is 433 g/mol. The number of benzene rings is 2. The summed E-state index contributed by atoms with van der Waals surface area (Å²) in [6, 6.07) is 14.6. The van der Waals surface area contributed by atoms with Gasteiger partial charge in [-0.15, -0.1) is 0 Å². The van der Waals surface area contributed by atoms with E-state index in [1.54, 1.807) is 24.3 Å². The highest BCUT2D eigenvalue weighted by Gasteiger charge is 2.34. The number of unbranched alkanes of at least 4 members (excludes halogenated alkanes) is 2. The number of fused-ring (bicyclic) bond motifs is 1. The maximum atomic E-state index is 12.3. The first-order valence-electron chi connectivity index (χ1n) is 10.7. The minimum atomic E-state index is -0.520. The highest BCUT2D eigenvalue weighted by atomic mass is 16.6. The van der Waals surface area contributed by atoms with Crippen molar-refractivity contribution >= 4 is 17.9 Å². The fourth-order valence-corrected chi connectivity index (χ4v) is 3.28. The lowest BCUT2D eigenvalue weighted by molar-refractivity contribution is 0.0522. The van der Waals surface area contributed by atoms with Crippen molar-refractivity contribution in [2.24, 2.45) is 0 Å². The van der Waals surface area contributed by atoms with Gasteiger partial charge in [-0.2, -0.15) is 0 Å². The Morgan fingerprint density at radius 3 is 2.19 bits per heavy atom. The van der Waals surface area contributed by atoms with Gasteiger partial charge in [0.25, 0.3) is 11.8 Å². The second kappa shape index (κ2) is 10.1. The minimum absolute atomic E-state index is 0.210. The third kappa shape index (κ3) is 6.21. The van der Waals surface area contributed by atoms with E-state index in [1.807, 2.05) is 45.0 Å². The summed E-state index contributed by atoms with van der Waals surface area (Å²) in [6.45, 7) is 6.27. The van der Waals surface area contributed by atoms with Crippen molar-refractivity contribution in [2.45, 2.75) is 52.2 Å². The Balaban J connectivity index is 1.38.